The van der Waals surface area contributed by atoms with E-state index in [4.69, 9.17) is 9.47 Å². The van der Waals surface area contributed by atoms with Crippen molar-refractivity contribution in [2.75, 3.05) is 31.6 Å². The second-order valence-electron chi connectivity index (χ2n) is 7.14. The molecule has 154 valence electrons. The number of hydrogen-bond donors (Lipinski definition) is 1. The van der Waals surface area contributed by atoms with Crippen molar-refractivity contribution in [3.05, 3.63) is 24.3 Å². The summed E-state index contributed by atoms with van der Waals surface area (Å²) in [6.07, 6.45) is 7.97. The van der Waals surface area contributed by atoms with Crippen LogP contribution in [0.15, 0.2) is 24.3 Å². The number of rotatable bonds is 10. The lowest BCUT2D eigenvalue weighted by Gasteiger charge is -2.28. The van der Waals surface area contributed by atoms with Gasteiger partial charge in [0.15, 0.2) is 0 Å². The summed E-state index contributed by atoms with van der Waals surface area (Å²) in [4.78, 5) is 14.5. The Morgan fingerprint density at radius 1 is 1.19 bits per heavy atom. The van der Waals surface area contributed by atoms with Gasteiger partial charge in [-0.1, -0.05) is 38.7 Å². The van der Waals surface area contributed by atoms with E-state index in [1.807, 2.05) is 31.2 Å². The first-order valence-corrected chi connectivity index (χ1v) is 10.1. The Hall–Kier alpha value is -1.46. The number of carbonyl (C=O) groups is 1. The Morgan fingerprint density at radius 3 is 2.70 bits per heavy atom. The van der Waals surface area contributed by atoms with Crippen molar-refractivity contribution in [2.45, 2.75) is 64.9 Å². The zero-order chi connectivity index (χ0) is 18.6. The third kappa shape index (κ3) is 9.87. The van der Waals surface area contributed by atoms with E-state index in [2.05, 4.69) is 17.1 Å². The average molecular weight is 399 g/mol. The van der Waals surface area contributed by atoms with Gasteiger partial charge in [0.25, 0.3) is 0 Å². The van der Waals surface area contributed by atoms with Crippen LogP contribution in [-0.2, 0) is 4.74 Å². The molecule has 0 aromatic heterocycles. The lowest BCUT2D eigenvalue weighted by molar-refractivity contribution is 0.0833. The molecule has 0 bridgehead atoms. The minimum atomic E-state index is -0.408. The molecule has 1 atom stereocenters. The summed E-state index contributed by atoms with van der Waals surface area (Å²) in [6, 6.07) is 7.49. The second-order valence-corrected chi connectivity index (χ2v) is 7.14. The lowest BCUT2D eigenvalue weighted by atomic mass is 10.1. The molecule has 1 aliphatic heterocycles. The van der Waals surface area contributed by atoms with E-state index < -0.39 is 6.09 Å². The van der Waals surface area contributed by atoms with Crippen LogP contribution in [-0.4, -0.2) is 43.3 Å². The van der Waals surface area contributed by atoms with Crippen molar-refractivity contribution >= 4 is 24.2 Å². The smallest absolute Gasteiger partial charge is 0.411 e. The molecule has 0 spiro atoms. The third-order valence-electron chi connectivity index (χ3n) is 4.62. The summed E-state index contributed by atoms with van der Waals surface area (Å²) in [6.45, 7) is 7.86. The van der Waals surface area contributed by atoms with Crippen LogP contribution in [0.3, 0.4) is 0 Å². The summed E-state index contributed by atoms with van der Waals surface area (Å²) in [5, 5.41) is 2.80. The topological polar surface area (TPSA) is 50.8 Å². The van der Waals surface area contributed by atoms with Crippen molar-refractivity contribution in [1.82, 2.24) is 4.90 Å². The van der Waals surface area contributed by atoms with Crippen molar-refractivity contribution in [3.8, 4) is 5.75 Å². The fraction of sp³-hybridized carbons (Fsp3) is 0.667. The van der Waals surface area contributed by atoms with Gasteiger partial charge in [-0.15, -0.1) is 12.4 Å². The summed E-state index contributed by atoms with van der Waals surface area (Å²) < 4.78 is 11.2. The molecule has 27 heavy (non-hydrogen) atoms. The van der Waals surface area contributed by atoms with Gasteiger partial charge in [0, 0.05) is 18.3 Å². The van der Waals surface area contributed by atoms with Crippen LogP contribution in [0.2, 0.25) is 0 Å². The van der Waals surface area contributed by atoms with Gasteiger partial charge in [-0.2, -0.15) is 0 Å². The first-order chi connectivity index (χ1) is 12.7. The van der Waals surface area contributed by atoms with Crippen LogP contribution in [0.5, 0.6) is 5.75 Å². The van der Waals surface area contributed by atoms with Gasteiger partial charge in [-0.25, -0.2) is 4.79 Å². The maximum absolute atomic E-state index is 12.1. The minimum Gasteiger partial charge on any atom is -0.494 e. The number of halogens is 1. The number of anilines is 1. The standard InChI is InChI=1S/C21H34N2O3.ClH/c1-3-4-5-9-15-25-20-12-10-11-19(16-20)22-21(24)26-18(2)17-23-13-7-6-8-14-23;/h10-12,16,18H,3-9,13-15,17H2,1-2H3,(H,22,24);1H. The van der Waals surface area contributed by atoms with Gasteiger partial charge in [0.05, 0.1) is 6.61 Å². The molecule has 1 unspecified atom stereocenters. The molecular weight excluding hydrogens is 364 g/mol. The lowest BCUT2D eigenvalue weighted by Crippen LogP contribution is -2.37. The van der Waals surface area contributed by atoms with Crippen LogP contribution in [0.4, 0.5) is 10.5 Å². The Bertz CT molecular complexity index is 536. The number of carbonyl (C=O) groups excluding carboxylic acids is 1. The molecule has 0 aliphatic carbocycles. The van der Waals surface area contributed by atoms with Crippen LogP contribution in [0, 0.1) is 0 Å². The molecule has 1 amide bonds. The predicted octanol–water partition coefficient (Wildman–Crippen LogP) is 5.49. The van der Waals surface area contributed by atoms with Crippen molar-refractivity contribution in [3.63, 3.8) is 0 Å². The highest BCUT2D eigenvalue weighted by molar-refractivity contribution is 5.85. The first-order valence-electron chi connectivity index (χ1n) is 10.1. The van der Waals surface area contributed by atoms with Gasteiger partial charge in [-0.05, 0) is 51.4 Å². The van der Waals surface area contributed by atoms with E-state index in [1.165, 1.54) is 38.5 Å². The highest BCUT2D eigenvalue weighted by Gasteiger charge is 2.16. The normalized spacial score (nSPS) is 15.5. The molecule has 1 saturated heterocycles. The molecule has 1 aromatic rings. The molecule has 1 aliphatic rings. The number of ether oxygens (including phenoxy) is 2. The van der Waals surface area contributed by atoms with Crippen LogP contribution in [0.1, 0.15) is 58.8 Å². The molecule has 5 nitrogen and oxygen atoms in total. The molecule has 1 heterocycles. The Kier molecular flexibility index (Phi) is 11.9. The molecule has 0 radical (unpaired) electrons. The SMILES string of the molecule is CCCCCCOc1cccc(NC(=O)OC(C)CN2CCCCC2)c1.Cl. The highest BCUT2D eigenvalue weighted by atomic mass is 35.5. The maximum atomic E-state index is 12.1. The summed E-state index contributed by atoms with van der Waals surface area (Å²) in [5.41, 5.74) is 0.700. The maximum Gasteiger partial charge on any atom is 0.411 e. The molecule has 1 fully saturated rings. The summed E-state index contributed by atoms with van der Waals surface area (Å²) in [7, 11) is 0. The molecule has 2 rings (SSSR count). The van der Waals surface area contributed by atoms with E-state index in [0.29, 0.717) is 12.3 Å². The number of nitrogens with zero attached hydrogens (tertiary/aromatic N) is 1. The van der Waals surface area contributed by atoms with Crippen LogP contribution >= 0.6 is 12.4 Å². The quantitative estimate of drug-likeness (QED) is 0.529. The summed E-state index contributed by atoms with van der Waals surface area (Å²) >= 11 is 0. The fourth-order valence-electron chi connectivity index (χ4n) is 3.26. The molecular formula is C21H35ClN2O3. The van der Waals surface area contributed by atoms with Gasteiger partial charge >= 0.3 is 6.09 Å². The Balaban J connectivity index is 0.00000364. The predicted molar refractivity (Wildman–Crippen MR) is 113 cm³/mol. The van der Waals surface area contributed by atoms with Crippen LogP contribution < -0.4 is 10.1 Å². The van der Waals surface area contributed by atoms with E-state index in [-0.39, 0.29) is 18.5 Å². The number of nitrogens with one attached hydrogen (secondary N) is 1. The van der Waals surface area contributed by atoms with Crippen molar-refractivity contribution in [1.29, 1.82) is 0 Å². The molecule has 1 aromatic carbocycles. The number of amides is 1. The van der Waals surface area contributed by atoms with E-state index >= 15 is 0 Å². The number of piperidine rings is 1. The van der Waals surface area contributed by atoms with Crippen molar-refractivity contribution in [2.24, 2.45) is 0 Å². The van der Waals surface area contributed by atoms with Crippen molar-refractivity contribution < 1.29 is 14.3 Å². The Labute approximate surface area is 170 Å². The number of hydrogen-bond acceptors (Lipinski definition) is 4. The average Bonchev–Trinajstić information content (AvgIpc) is 2.62. The van der Waals surface area contributed by atoms with Crippen LogP contribution in [0.25, 0.3) is 0 Å². The highest BCUT2D eigenvalue weighted by Crippen LogP contribution is 2.18. The largest absolute Gasteiger partial charge is 0.494 e. The fourth-order valence-corrected chi connectivity index (χ4v) is 3.26. The Morgan fingerprint density at radius 2 is 1.96 bits per heavy atom. The molecule has 6 heteroatoms. The summed E-state index contributed by atoms with van der Waals surface area (Å²) in [5.74, 6) is 0.778. The van der Waals surface area contributed by atoms with E-state index in [0.717, 1.165) is 31.8 Å². The van der Waals surface area contributed by atoms with Gasteiger partial charge in [0.1, 0.15) is 11.9 Å². The molecule has 0 saturated carbocycles. The number of unbranched alkanes of at least 4 members (excludes halogenated alkanes) is 3. The number of benzene rings is 1. The minimum absolute atomic E-state index is 0. The zero-order valence-electron chi connectivity index (χ0n) is 16.7. The van der Waals surface area contributed by atoms with E-state index in [9.17, 15) is 4.79 Å². The van der Waals surface area contributed by atoms with Gasteiger partial charge in [-0.3, -0.25) is 10.2 Å². The van der Waals surface area contributed by atoms with E-state index in [1.54, 1.807) is 0 Å². The third-order valence-corrected chi connectivity index (χ3v) is 4.62. The number of likely N-dealkylation sites (tertiary alicyclic amines) is 1. The molecule has 1 N–H and O–H groups in total. The van der Waals surface area contributed by atoms with Gasteiger partial charge in [0.2, 0.25) is 0 Å². The monoisotopic (exact) mass is 398 g/mol. The first kappa shape index (κ1) is 23.6. The zero-order valence-corrected chi connectivity index (χ0v) is 17.6. The van der Waals surface area contributed by atoms with Gasteiger partial charge < -0.3 is 9.47 Å². The second kappa shape index (κ2) is 13.7.